The molecule has 0 aliphatic heterocycles. The van der Waals surface area contributed by atoms with E-state index in [1.54, 1.807) is 23.7 Å². The lowest BCUT2D eigenvalue weighted by Gasteiger charge is -2.08. The third-order valence-electron chi connectivity index (χ3n) is 2.39. The maximum Gasteiger partial charge on any atom is 0.0941 e. The van der Waals surface area contributed by atoms with Gasteiger partial charge in [0.25, 0.3) is 0 Å². The Morgan fingerprint density at radius 2 is 2.25 bits per heavy atom. The van der Waals surface area contributed by atoms with Crippen molar-refractivity contribution in [1.82, 2.24) is 9.97 Å². The summed E-state index contributed by atoms with van der Waals surface area (Å²) in [7, 11) is 0. The lowest BCUT2D eigenvalue weighted by atomic mass is 10.1. The molecule has 2 aromatic heterocycles. The Morgan fingerprint density at radius 1 is 1.44 bits per heavy atom. The molecule has 0 spiro atoms. The number of rotatable bonds is 3. The monoisotopic (exact) mass is 234 g/mol. The molecule has 0 saturated carbocycles. The molecule has 1 unspecified atom stereocenters. The quantitative estimate of drug-likeness (QED) is 0.887. The zero-order chi connectivity index (χ0) is 11.5. The van der Waals surface area contributed by atoms with Gasteiger partial charge in [-0.1, -0.05) is 6.07 Å². The highest BCUT2D eigenvalue weighted by atomic mass is 32.1. The minimum absolute atomic E-state index is 0.476. The Labute approximate surface area is 98.8 Å². The molecule has 0 amide bonds. The molecule has 16 heavy (non-hydrogen) atoms. The first-order valence-corrected chi connectivity index (χ1v) is 5.99. The van der Waals surface area contributed by atoms with Gasteiger partial charge in [0.2, 0.25) is 0 Å². The van der Waals surface area contributed by atoms with Gasteiger partial charge in [-0.05, 0) is 25.5 Å². The van der Waals surface area contributed by atoms with Crippen LogP contribution in [0.4, 0.5) is 0 Å². The molecular weight excluding hydrogens is 220 g/mol. The molecule has 0 fully saturated rings. The van der Waals surface area contributed by atoms with Gasteiger partial charge in [-0.3, -0.25) is 4.98 Å². The van der Waals surface area contributed by atoms with Crippen LogP contribution in [0.2, 0.25) is 0 Å². The molecule has 0 aliphatic rings. The first-order valence-electron chi connectivity index (χ1n) is 5.17. The SMILES string of the molecule is Cc1nc(C)c(C(O)Cc2cccnc2)s1. The molecular formula is C12H14N2OS. The average molecular weight is 234 g/mol. The maximum atomic E-state index is 10.1. The van der Waals surface area contributed by atoms with Crippen LogP contribution >= 0.6 is 11.3 Å². The molecule has 0 saturated heterocycles. The van der Waals surface area contributed by atoms with Gasteiger partial charge in [-0.15, -0.1) is 11.3 Å². The summed E-state index contributed by atoms with van der Waals surface area (Å²) in [5, 5.41) is 11.1. The molecule has 3 nitrogen and oxygen atoms in total. The van der Waals surface area contributed by atoms with Gasteiger partial charge < -0.3 is 5.11 Å². The lowest BCUT2D eigenvalue weighted by molar-refractivity contribution is 0.181. The fraction of sp³-hybridized carbons (Fsp3) is 0.333. The molecule has 1 N–H and O–H groups in total. The third-order valence-corrected chi connectivity index (χ3v) is 3.57. The van der Waals surface area contributed by atoms with Gasteiger partial charge in [-0.2, -0.15) is 0 Å². The topological polar surface area (TPSA) is 46.0 Å². The van der Waals surface area contributed by atoms with E-state index in [0.29, 0.717) is 6.42 Å². The molecule has 2 heterocycles. The van der Waals surface area contributed by atoms with Crippen molar-refractivity contribution in [1.29, 1.82) is 0 Å². The molecule has 84 valence electrons. The van der Waals surface area contributed by atoms with Gasteiger partial charge in [0.1, 0.15) is 0 Å². The van der Waals surface area contributed by atoms with Crippen molar-refractivity contribution in [2.24, 2.45) is 0 Å². The molecule has 1 atom stereocenters. The number of pyridine rings is 1. The van der Waals surface area contributed by atoms with Crippen LogP contribution in [0.15, 0.2) is 24.5 Å². The maximum absolute atomic E-state index is 10.1. The standard InChI is InChI=1S/C12H14N2OS/c1-8-12(16-9(2)14-8)11(15)6-10-4-3-5-13-7-10/h3-5,7,11,15H,6H2,1-2H3. The van der Waals surface area contributed by atoms with E-state index in [1.165, 1.54) is 0 Å². The Hall–Kier alpha value is -1.26. The zero-order valence-electron chi connectivity index (χ0n) is 9.34. The minimum atomic E-state index is -0.476. The van der Waals surface area contributed by atoms with Crippen LogP contribution in [0.25, 0.3) is 0 Å². The van der Waals surface area contributed by atoms with Crippen LogP contribution in [0.5, 0.6) is 0 Å². The van der Waals surface area contributed by atoms with Gasteiger partial charge in [0.15, 0.2) is 0 Å². The summed E-state index contributed by atoms with van der Waals surface area (Å²) in [5.41, 5.74) is 1.97. The van der Waals surface area contributed by atoms with Crippen LogP contribution in [-0.4, -0.2) is 15.1 Å². The van der Waals surface area contributed by atoms with Crippen LogP contribution in [-0.2, 0) is 6.42 Å². The van der Waals surface area contributed by atoms with Crippen molar-refractivity contribution in [3.8, 4) is 0 Å². The van der Waals surface area contributed by atoms with Crippen molar-refractivity contribution in [3.63, 3.8) is 0 Å². The van der Waals surface area contributed by atoms with Gasteiger partial charge in [0.05, 0.1) is 21.7 Å². The van der Waals surface area contributed by atoms with E-state index >= 15 is 0 Å². The van der Waals surface area contributed by atoms with E-state index in [-0.39, 0.29) is 0 Å². The summed E-state index contributed by atoms with van der Waals surface area (Å²) >= 11 is 1.56. The van der Waals surface area contributed by atoms with E-state index < -0.39 is 6.10 Å². The van der Waals surface area contributed by atoms with E-state index in [2.05, 4.69) is 9.97 Å². The van der Waals surface area contributed by atoms with Crippen molar-refractivity contribution in [2.75, 3.05) is 0 Å². The van der Waals surface area contributed by atoms with E-state index in [1.807, 2.05) is 26.0 Å². The van der Waals surface area contributed by atoms with Crippen LogP contribution in [0.3, 0.4) is 0 Å². The summed E-state index contributed by atoms with van der Waals surface area (Å²) in [6, 6.07) is 3.85. The summed E-state index contributed by atoms with van der Waals surface area (Å²) in [5.74, 6) is 0. The highest BCUT2D eigenvalue weighted by Crippen LogP contribution is 2.26. The van der Waals surface area contributed by atoms with Crippen molar-refractivity contribution >= 4 is 11.3 Å². The Balaban J connectivity index is 2.14. The largest absolute Gasteiger partial charge is 0.387 e. The second-order valence-electron chi connectivity index (χ2n) is 3.76. The van der Waals surface area contributed by atoms with Crippen LogP contribution < -0.4 is 0 Å². The summed E-state index contributed by atoms with van der Waals surface area (Å²) in [6.07, 6.45) is 3.64. The first-order chi connectivity index (χ1) is 7.66. The number of aromatic nitrogens is 2. The number of aryl methyl sites for hydroxylation is 2. The molecule has 0 radical (unpaired) electrons. The smallest absolute Gasteiger partial charge is 0.0941 e. The lowest BCUT2D eigenvalue weighted by Crippen LogP contribution is -2.01. The zero-order valence-corrected chi connectivity index (χ0v) is 10.2. The molecule has 0 aromatic carbocycles. The summed E-state index contributed by atoms with van der Waals surface area (Å²) in [6.45, 7) is 3.89. The van der Waals surface area contributed by atoms with Gasteiger partial charge >= 0.3 is 0 Å². The minimum Gasteiger partial charge on any atom is -0.387 e. The van der Waals surface area contributed by atoms with E-state index in [9.17, 15) is 5.11 Å². The molecule has 4 heteroatoms. The van der Waals surface area contributed by atoms with Gasteiger partial charge in [0, 0.05) is 18.8 Å². The Morgan fingerprint density at radius 3 is 2.81 bits per heavy atom. The van der Waals surface area contributed by atoms with Crippen LogP contribution in [0.1, 0.15) is 27.2 Å². The third kappa shape index (κ3) is 2.46. The second-order valence-corrected chi connectivity index (χ2v) is 5.00. The second kappa shape index (κ2) is 4.72. The first kappa shape index (κ1) is 11.2. The predicted molar refractivity (Wildman–Crippen MR) is 64.5 cm³/mol. The van der Waals surface area contributed by atoms with Crippen LogP contribution in [0, 0.1) is 13.8 Å². The number of nitrogens with zero attached hydrogens (tertiary/aromatic N) is 2. The number of hydrogen-bond acceptors (Lipinski definition) is 4. The Bertz CT molecular complexity index is 467. The average Bonchev–Trinajstić information content (AvgIpc) is 2.59. The number of aliphatic hydroxyl groups excluding tert-OH is 1. The van der Waals surface area contributed by atoms with Crippen molar-refractivity contribution in [2.45, 2.75) is 26.4 Å². The fourth-order valence-corrected chi connectivity index (χ4v) is 2.60. The highest BCUT2D eigenvalue weighted by molar-refractivity contribution is 7.11. The number of aliphatic hydroxyl groups is 1. The molecule has 2 rings (SSSR count). The van der Waals surface area contributed by atoms with Gasteiger partial charge in [-0.25, -0.2) is 4.98 Å². The van der Waals surface area contributed by atoms with Crippen molar-refractivity contribution in [3.05, 3.63) is 45.7 Å². The molecule has 0 aliphatic carbocycles. The summed E-state index contributed by atoms with van der Waals surface area (Å²) < 4.78 is 0. The predicted octanol–water partition coefficient (Wildman–Crippen LogP) is 2.43. The highest BCUT2D eigenvalue weighted by Gasteiger charge is 2.15. The number of thiazole rings is 1. The Kier molecular flexibility index (Phi) is 3.31. The van der Waals surface area contributed by atoms with E-state index in [0.717, 1.165) is 21.1 Å². The molecule has 0 bridgehead atoms. The fourth-order valence-electron chi connectivity index (χ4n) is 1.69. The van der Waals surface area contributed by atoms with E-state index in [4.69, 9.17) is 0 Å². The summed E-state index contributed by atoms with van der Waals surface area (Å²) in [4.78, 5) is 9.31. The van der Waals surface area contributed by atoms with Crippen molar-refractivity contribution < 1.29 is 5.11 Å². The number of hydrogen-bond donors (Lipinski definition) is 1. The molecule has 2 aromatic rings. The normalized spacial score (nSPS) is 12.7.